The molecule has 0 saturated carbocycles. The summed E-state index contributed by atoms with van der Waals surface area (Å²) in [7, 11) is 2.21. The third-order valence-electron chi connectivity index (χ3n) is 5.64. The number of nitrogens with one attached hydrogen (secondary N) is 1. The van der Waals surface area contributed by atoms with Crippen LogP contribution in [0.15, 0.2) is 17.5 Å². The van der Waals surface area contributed by atoms with Gasteiger partial charge in [-0.1, -0.05) is 6.07 Å². The van der Waals surface area contributed by atoms with Crippen molar-refractivity contribution in [2.75, 3.05) is 20.8 Å². The van der Waals surface area contributed by atoms with Gasteiger partial charge < -0.3 is 19.1 Å². The smallest absolute Gasteiger partial charge is 0.337 e. The second-order valence-electron chi connectivity index (χ2n) is 9.38. The second kappa shape index (κ2) is 11.8. The SMILES string of the molecule is COC(=O)C(CCC(=O)c1cccs1)(N[C@@H](C)C(=O)N1CCC[C@H]1C(=O)OC(C)(C)C)C(=O)OC. The van der Waals surface area contributed by atoms with Crippen LogP contribution in [0.3, 0.4) is 0 Å². The number of rotatable bonds is 10. The molecule has 0 aliphatic carbocycles. The Hall–Kier alpha value is -2.79. The van der Waals surface area contributed by atoms with Crippen LogP contribution in [0.4, 0.5) is 0 Å². The molecule has 1 amide bonds. The number of thiophene rings is 1. The zero-order chi connectivity index (χ0) is 26.4. The zero-order valence-electron chi connectivity index (χ0n) is 21.0. The Balaban J connectivity index is 2.26. The van der Waals surface area contributed by atoms with Crippen LogP contribution in [-0.4, -0.2) is 78.5 Å². The Kier molecular flexibility index (Phi) is 9.56. The lowest BCUT2D eigenvalue weighted by molar-refractivity contribution is -0.167. The Bertz CT molecular complexity index is 922. The number of hydrogen-bond acceptors (Lipinski definition) is 10. The van der Waals surface area contributed by atoms with Crippen LogP contribution in [-0.2, 0) is 33.4 Å². The van der Waals surface area contributed by atoms with E-state index in [1.54, 1.807) is 38.3 Å². The summed E-state index contributed by atoms with van der Waals surface area (Å²) >= 11 is 1.25. The van der Waals surface area contributed by atoms with E-state index < -0.39 is 47.0 Å². The molecule has 0 aromatic carbocycles. The van der Waals surface area contributed by atoms with E-state index in [1.165, 1.54) is 23.2 Å². The maximum absolute atomic E-state index is 13.3. The molecular weight excluding hydrogens is 476 g/mol. The molecule has 35 heavy (non-hydrogen) atoms. The van der Waals surface area contributed by atoms with Gasteiger partial charge in [0.15, 0.2) is 5.78 Å². The number of amides is 1. The molecule has 1 aliphatic heterocycles. The average molecular weight is 511 g/mol. The number of carbonyl (C=O) groups excluding carboxylic acids is 5. The van der Waals surface area contributed by atoms with Gasteiger partial charge in [0.25, 0.3) is 0 Å². The summed E-state index contributed by atoms with van der Waals surface area (Å²) in [6.45, 7) is 7.04. The number of ketones is 1. The fourth-order valence-electron chi connectivity index (χ4n) is 4.01. The third kappa shape index (κ3) is 6.88. The van der Waals surface area contributed by atoms with Crippen molar-refractivity contribution in [2.24, 2.45) is 0 Å². The summed E-state index contributed by atoms with van der Waals surface area (Å²) in [5, 5.41) is 4.52. The van der Waals surface area contributed by atoms with Crippen LogP contribution in [0, 0.1) is 0 Å². The Labute approximate surface area is 209 Å². The number of carbonyl (C=O) groups is 5. The Morgan fingerprint density at radius 2 is 1.77 bits per heavy atom. The molecule has 10 nitrogen and oxygen atoms in total. The van der Waals surface area contributed by atoms with E-state index in [9.17, 15) is 24.0 Å². The van der Waals surface area contributed by atoms with Crippen LogP contribution in [0.25, 0.3) is 0 Å². The maximum atomic E-state index is 13.3. The van der Waals surface area contributed by atoms with Gasteiger partial charge in [0.2, 0.25) is 11.4 Å². The Morgan fingerprint density at radius 1 is 1.14 bits per heavy atom. The van der Waals surface area contributed by atoms with Crippen LogP contribution in [0.1, 0.15) is 63.0 Å². The second-order valence-corrected chi connectivity index (χ2v) is 10.3. The van der Waals surface area contributed by atoms with Gasteiger partial charge in [-0.05, 0) is 58.4 Å². The highest BCUT2D eigenvalue weighted by atomic mass is 32.1. The molecule has 2 rings (SSSR count). The fourth-order valence-corrected chi connectivity index (χ4v) is 4.71. The summed E-state index contributed by atoms with van der Waals surface area (Å²) in [6, 6.07) is 1.53. The number of hydrogen-bond donors (Lipinski definition) is 1. The third-order valence-corrected chi connectivity index (χ3v) is 6.55. The summed E-state index contributed by atoms with van der Waals surface area (Å²) in [5.41, 5.74) is -2.80. The van der Waals surface area contributed by atoms with Crippen molar-refractivity contribution in [1.29, 1.82) is 0 Å². The van der Waals surface area contributed by atoms with Gasteiger partial charge >= 0.3 is 17.9 Å². The molecule has 0 radical (unpaired) electrons. The van der Waals surface area contributed by atoms with Crippen LogP contribution >= 0.6 is 11.3 Å². The number of esters is 3. The molecule has 1 aromatic rings. The molecule has 1 fully saturated rings. The topological polar surface area (TPSA) is 128 Å². The van der Waals surface area contributed by atoms with Crippen molar-refractivity contribution in [3.63, 3.8) is 0 Å². The van der Waals surface area contributed by atoms with Crippen molar-refractivity contribution >= 4 is 40.9 Å². The van der Waals surface area contributed by atoms with Gasteiger partial charge in [0.1, 0.15) is 11.6 Å². The summed E-state index contributed by atoms with van der Waals surface area (Å²) in [6.07, 6.45) is 0.609. The van der Waals surface area contributed by atoms with Crippen molar-refractivity contribution in [3.05, 3.63) is 22.4 Å². The number of likely N-dealkylation sites (tertiary alicyclic amines) is 1. The van der Waals surface area contributed by atoms with E-state index in [1.807, 2.05) is 0 Å². The summed E-state index contributed by atoms with van der Waals surface area (Å²) in [5.74, 6) is -3.21. The van der Waals surface area contributed by atoms with Gasteiger partial charge in [0, 0.05) is 13.0 Å². The predicted molar refractivity (Wildman–Crippen MR) is 128 cm³/mol. The lowest BCUT2D eigenvalue weighted by atomic mass is 9.90. The van der Waals surface area contributed by atoms with Gasteiger partial charge in [-0.25, -0.2) is 14.4 Å². The largest absolute Gasteiger partial charge is 0.467 e. The van der Waals surface area contributed by atoms with E-state index >= 15 is 0 Å². The first-order valence-electron chi connectivity index (χ1n) is 11.4. The number of ether oxygens (including phenoxy) is 3. The highest BCUT2D eigenvalue weighted by Gasteiger charge is 2.51. The van der Waals surface area contributed by atoms with E-state index in [0.29, 0.717) is 24.3 Å². The molecule has 1 N–H and O–H groups in total. The zero-order valence-corrected chi connectivity index (χ0v) is 21.9. The molecule has 11 heteroatoms. The first-order chi connectivity index (χ1) is 16.4. The lowest BCUT2D eigenvalue weighted by Crippen LogP contribution is -2.64. The average Bonchev–Trinajstić information content (AvgIpc) is 3.51. The van der Waals surface area contributed by atoms with E-state index in [4.69, 9.17) is 14.2 Å². The van der Waals surface area contributed by atoms with E-state index in [2.05, 4.69) is 5.32 Å². The van der Waals surface area contributed by atoms with Crippen molar-refractivity contribution in [1.82, 2.24) is 10.2 Å². The standard InChI is InChI=1S/C24H34N2O8S/c1-15(19(28)26-13-7-9-16(26)20(29)34-23(2,3)4)25-24(21(30)32-5,22(31)33-6)12-11-17(27)18-10-8-14-35-18/h8,10,14-16,25H,7,9,11-13H2,1-6H3/t15-,16-/m0/s1. The summed E-state index contributed by atoms with van der Waals surface area (Å²) < 4.78 is 15.2. The quantitative estimate of drug-likeness (QED) is 0.218. The maximum Gasteiger partial charge on any atom is 0.337 e. The van der Waals surface area contributed by atoms with E-state index in [0.717, 1.165) is 14.2 Å². The normalized spacial score (nSPS) is 17.0. The van der Waals surface area contributed by atoms with Gasteiger partial charge in [-0.15, -0.1) is 11.3 Å². The molecule has 2 heterocycles. The van der Waals surface area contributed by atoms with E-state index in [-0.39, 0.29) is 18.6 Å². The number of Topliss-reactive ketones (excluding diaryl/α,β-unsaturated/α-hetero) is 1. The minimum Gasteiger partial charge on any atom is -0.467 e. The van der Waals surface area contributed by atoms with Gasteiger partial charge in [-0.2, -0.15) is 0 Å². The summed E-state index contributed by atoms with van der Waals surface area (Å²) in [4.78, 5) is 66.2. The molecular formula is C24H34N2O8S. The highest BCUT2D eigenvalue weighted by molar-refractivity contribution is 7.12. The fraction of sp³-hybridized carbons (Fsp3) is 0.625. The van der Waals surface area contributed by atoms with Crippen LogP contribution in [0.5, 0.6) is 0 Å². The molecule has 1 saturated heterocycles. The molecule has 0 spiro atoms. The molecule has 0 bridgehead atoms. The number of nitrogens with zero attached hydrogens (tertiary/aromatic N) is 1. The van der Waals surface area contributed by atoms with Crippen molar-refractivity contribution in [2.45, 2.75) is 76.6 Å². The molecule has 0 unspecified atom stereocenters. The van der Waals surface area contributed by atoms with Crippen molar-refractivity contribution in [3.8, 4) is 0 Å². The molecule has 1 aromatic heterocycles. The molecule has 2 atom stereocenters. The Morgan fingerprint density at radius 3 is 2.29 bits per heavy atom. The van der Waals surface area contributed by atoms with Gasteiger partial charge in [-0.3, -0.25) is 14.9 Å². The van der Waals surface area contributed by atoms with Crippen LogP contribution < -0.4 is 5.32 Å². The number of methoxy groups -OCH3 is 2. The molecule has 194 valence electrons. The lowest BCUT2D eigenvalue weighted by Gasteiger charge is -2.34. The van der Waals surface area contributed by atoms with Gasteiger partial charge in [0.05, 0.1) is 25.1 Å². The predicted octanol–water partition coefficient (Wildman–Crippen LogP) is 2.11. The van der Waals surface area contributed by atoms with Crippen molar-refractivity contribution < 1.29 is 38.2 Å². The first kappa shape index (κ1) is 28.4. The molecule has 1 aliphatic rings. The monoisotopic (exact) mass is 510 g/mol. The minimum absolute atomic E-state index is 0.164. The van der Waals surface area contributed by atoms with Crippen LogP contribution in [0.2, 0.25) is 0 Å². The minimum atomic E-state index is -2.09. The highest BCUT2D eigenvalue weighted by Crippen LogP contribution is 2.25. The first-order valence-corrected chi connectivity index (χ1v) is 12.3.